The Morgan fingerprint density at radius 3 is 3.11 bits per heavy atom. The molecule has 1 aromatic rings. The summed E-state index contributed by atoms with van der Waals surface area (Å²) < 4.78 is 5.37. The van der Waals surface area contributed by atoms with Crippen LogP contribution in [0.25, 0.3) is 0 Å². The standard InChI is InChI=1S/C14H18ClNO2/c1-10-12(15)5-2-6-13(10)16-14(17)8-11-4-3-7-18-9-11/h2,5-6,11H,3-4,7-9H2,1H3,(H,16,17). The number of rotatable bonds is 3. The number of benzene rings is 1. The second-order valence-electron chi connectivity index (χ2n) is 4.75. The van der Waals surface area contributed by atoms with E-state index in [2.05, 4.69) is 5.32 Å². The van der Waals surface area contributed by atoms with Crippen molar-refractivity contribution in [1.82, 2.24) is 0 Å². The van der Waals surface area contributed by atoms with Crippen LogP contribution in [-0.4, -0.2) is 19.1 Å². The first kappa shape index (κ1) is 13.4. The van der Waals surface area contributed by atoms with Crippen molar-refractivity contribution in [2.24, 2.45) is 5.92 Å². The Kier molecular flexibility index (Phi) is 4.61. The highest BCUT2D eigenvalue weighted by Crippen LogP contribution is 2.24. The van der Waals surface area contributed by atoms with Gasteiger partial charge >= 0.3 is 0 Å². The number of hydrogen-bond donors (Lipinski definition) is 1. The molecule has 0 aromatic heterocycles. The van der Waals surface area contributed by atoms with Gasteiger partial charge in [-0.3, -0.25) is 4.79 Å². The van der Waals surface area contributed by atoms with Gasteiger partial charge in [0.05, 0.1) is 0 Å². The maximum Gasteiger partial charge on any atom is 0.224 e. The SMILES string of the molecule is Cc1c(Cl)cccc1NC(=O)CC1CCCOC1. The number of ether oxygens (including phenoxy) is 1. The molecule has 1 amide bonds. The molecule has 1 N–H and O–H groups in total. The summed E-state index contributed by atoms with van der Waals surface area (Å²) in [6.45, 7) is 3.43. The van der Waals surface area contributed by atoms with Crippen molar-refractivity contribution in [3.05, 3.63) is 28.8 Å². The second kappa shape index (κ2) is 6.21. The first-order valence-corrected chi connectivity index (χ1v) is 6.67. The van der Waals surface area contributed by atoms with Gasteiger partial charge in [0.25, 0.3) is 0 Å². The predicted molar refractivity (Wildman–Crippen MR) is 73.0 cm³/mol. The summed E-state index contributed by atoms with van der Waals surface area (Å²) in [5.41, 5.74) is 1.71. The Labute approximate surface area is 112 Å². The van der Waals surface area contributed by atoms with E-state index in [-0.39, 0.29) is 5.91 Å². The summed E-state index contributed by atoms with van der Waals surface area (Å²) in [5.74, 6) is 0.383. The van der Waals surface area contributed by atoms with Crippen LogP contribution in [0.15, 0.2) is 18.2 Å². The maximum absolute atomic E-state index is 11.9. The van der Waals surface area contributed by atoms with Gasteiger partial charge in [-0.15, -0.1) is 0 Å². The highest BCUT2D eigenvalue weighted by atomic mass is 35.5. The van der Waals surface area contributed by atoms with Gasteiger partial charge in [-0.2, -0.15) is 0 Å². The van der Waals surface area contributed by atoms with Gasteiger partial charge in [0.15, 0.2) is 0 Å². The van der Waals surface area contributed by atoms with Gasteiger partial charge in [0.2, 0.25) is 5.91 Å². The van der Waals surface area contributed by atoms with E-state index in [4.69, 9.17) is 16.3 Å². The summed E-state index contributed by atoms with van der Waals surface area (Å²) >= 11 is 6.02. The van der Waals surface area contributed by atoms with E-state index in [1.807, 2.05) is 25.1 Å². The van der Waals surface area contributed by atoms with E-state index < -0.39 is 0 Å². The number of anilines is 1. The molecule has 2 rings (SSSR count). The lowest BCUT2D eigenvalue weighted by molar-refractivity contribution is -0.118. The van der Waals surface area contributed by atoms with Gasteiger partial charge in [0, 0.05) is 30.3 Å². The van der Waals surface area contributed by atoms with E-state index in [0.717, 1.165) is 30.7 Å². The molecule has 18 heavy (non-hydrogen) atoms. The van der Waals surface area contributed by atoms with Crippen LogP contribution in [0.2, 0.25) is 5.02 Å². The van der Waals surface area contributed by atoms with E-state index in [0.29, 0.717) is 24.0 Å². The first-order chi connectivity index (χ1) is 8.66. The third-order valence-electron chi connectivity index (χ3n) is 3.27. The average molecular weight is 268 g/mol. The molecular weight excluding hydrogens is 250 g/mol. The van der Waals surface area contributed by atoms with Crippen LogP contribution < -0.4 is 5.32 Å². The summed E-state index contributed by atoms with van der Waals surface area (Å²) in [7, 11) is 0. The average Bonchev–Trinajstić information content (AvgIpc) is 2.36. The largest absolute Gasteiger partial charge is 0.381 e. The summed E-state index contributed by atoms with van der Waals surface area (Å²) in [5, 5.41) is 3.59. The molecule has 1 unspecified atom stereocenters. The van der Waals surface area contributed by atoms with Crippen LogP contribution in [0.4, 0.5) is 5.69 Å². The smallest absolute Gasteiger partial charge is 0.224 e. The Bertz CT molecular complexity index is 428. The van der Waals surface area contributed by atoms with Crippen molar-refractivity contribution in [3.8, 4) is 0 Å². The molecule has 0 bridgehead atoms. The zero-order chi connectivity index (χ0) is 13.0. The van der Waals surface area contributed by atoms with Crippen molar-refractivity contribution >= 4 is 23.2 Å². The molecule has 3 nitrogen and oxygen atoms in total. The molecular formula is C14H18ClNO2. The molecule has 4 heteroatoms. The van der Waals surface area contributed by atoms with Crippen molar-refractivity contribution in [2.45, 2.75) is 26.2 Å². The number of amides is 1. The zero-order valence-electron chi connectivity index (χ0n) is 10.5. The van der Waals surface area contributed by atoms with Crippen molar-refractivity contribution in [2.75, 3.05) is 18.5 Å². The quantitative estimate of drug-likeness (QED) is 0.911. The van der Waals surface area contributed by atoms with E-state index in [9.17, 15) is 4.79 Å². The lowest BCUT2D eigenvalue weighted by Crippen LogP contribution is -2.23. The van der Waals surface area contributed by atoms with Crippen molar-refractivity contribution in [3.63, 3.8) is 0 Å². The van der Waals surface area contributed by atoms with Crippen LogP contribution in [0, 0.1) is 12.8 Å². The molecule has 1 aliphatic rings. The summed E-state index contributed by atoms with van der Waals surface area (Å²) in [6, 6.07) is 5.53. The van der Waals surface area contributed by atoms with Crippen LogP contribution in [0.1, 0.15) is 24.8 Å². The monoisotopic (exact) mass is 267 g/mol. The first-order valence-electron chi connectivity index (χ1n) is 6.29. The normalized spacial score (nSPS) is 19.6. The van der Waals surface area contributed by atoms with E-state index in [1.165, 1.54) is 0 Å². The third-order valence-corrected chi connectivity index (χ3v) is 3.68. The molecule has 0 radical (unpaired) electrons. The number of carbonyl (C=O) groups is 1. The molecule has 1 heterocycles. The Morgan fingerprint density at radius 1 is 1.56 bits per heavy atom. The third kappa shape index (κ3) is 3.47. The molecule has 1 aromatic carbocycles. The topological polar surface area (TPSA) is 38.3 Å². The Morgan fingerprint density at radius 2 is 2.39 bits per heavy atom. The minimum Gasteiger partial charge on any atom is -0.381 e. The lowest BCUT2D eigenvalue weighted by Gasteiger charge is -2.21. The van der Waals surface area contributed by atoms with Gasteiger partial charge in [-0.25, -0.2) is 0 Å². The highest BCUT2D eigenvalue weighted by Gasteiger charge is 2.18. The van der Waals surface area contributed by atoms with E-state index in [1.54, 1.807) is 0 Å². The van der Waals surface area contributed by atoms with Crippen molar-refractivity contribution in [1.29, 1.82) is 0 Å². The number of nitrogens with one attached hydrogen (secondary N) is 1. The van der Waals surface area contributed by atoms with Crippen LogP contribution >= 0.6 is 11.6 Å². The van der Waals surface area contributed by atoms with Crippen LogP contribution in [0.3, 0.4) is 0 Å². The Balaban J connectivity index is 1.92. The number of carbonyl (C=O) groups excluding carboxylic acids is 1. The zero-order valence-corrected chi connectivity index (χ0v) is 11.3. The van der Waals surface area contributed by atoms with Crippen molar-refractivity contribution < 1.29 is 9.53 Å². The molecule has 0 spiro atoms. The molecule has 98 valence electrons. The van der Waals surface area contributed by atoms with Gasteiger partial charge in [-0.1, -0.05) is 17.7 Å². The lowest BCUT2D eigenvalue weighted by atomic mass is 9.98. The highest BCUT2D eigenvalue weighted by molar-refractivity contribution is 6.31. The molecule has 0 aliphatic carbocycles. The minimum atomic E-state index is 0.0378. The molecule has 0 saturated carbocycles. The number of halogens is 1. The van der Waals surface area contributed by atoms with Gasteiger partial charge in [-0.05, 0) is 43.4 Å². The minimum absolute atomic E-state index is 0.0378. The molecule has 1 saturated heterocycles. The number of hydrogen-bond acceptors (Lipinski definition) is 2. The summed E-state index contributed by atoms with van der Waals surface area (Å²) in [6.07, 6.45) is 2.64. The van der Waals surface area contributed by atoms with Gasteiger partial charge in [0.1, 0.15) is 0 Å². The second-order valence-corrected chi connectivity index (χ2v) is 5.16. The predicted octanol–water partition coefficient (Wildman–Crippen LogP) is 3.40. The molecule has 1 fully saturated rings. The van der Waals surface area contributed by atoms with Crippen LogP contribution in [-0.2, 0) is 9.53 Å². The summed E-state index contributed by atoms with van der Waals surface area (Å²) in [4.78, 5) is 11.9. The molecule has 1 atom stereocenters. The fourth-order valence-electron chi connectivity index (χ4n) is 2.17. The van der Waals surface area contributed by atoms with Gasteiger partial charge < -0.3 is 10.1 Å². The fraction of sp³-hybridized carbons (Fsp3) is 0.500. The fourth-order valence-corrected chi connectivity index (χ4v) is 2.35. The van der Waals surface area contributed by atoms with E-state index >= 15 is 0 Å². The van der Waals surface area contributed by atoms with Crippen LogP contribution in [0.5, 0.6) is 0 Å². The molecule has 1 aliphatic heterocycles. The Hall–Kier alpha value is -1.06. The maximum atomic E-state index is 11.9.